The van der Waals surface area contributed by atoms with Crippen LogP contribution in [0.1, 0.15) is 45.1 Å². The number of ether oxygens (including phenoxy) is 1. The molecule has 1 nitrogen and oxygen atoms in total. The summed E-state index contributed by atoms with van der Waals surface area (Å²) in [5.74, 6) is -1.74. The molecule has 0 saturated carbocycles. The van der Waals surface area contributed by atoms with E-state index in [4.69, 9.17) is 4.74 Å². The smallest absolute Gasteiger partial charge is 0.201 e. The first-order valence-electron chi connectivity index (χ1n) is 11.4. The second kappa shape index (κ2) is 10.1. The highest BCUT2D eigenvalue weighted by atomic mass is 19.2. The van der Waals surface area contributed by atoms with Crippen LogP contribution in [0.5, 0.6) is 5.75 Å². The summed E-state index contributed by atoms with van der Waals surface area (Å²) in [7, 11) is 0. The van der Waals surface area contributed by atoms with Gasteiger partial charge in [0.15, 0.2) is 11.6 Å². The summed E-state index contributed by atoms with van der Waals surface area (Å²) >= 11 is 0. The van der Waals surface area contributed by atoms with Gasteiger partial charge in [-0.1, -0.05) is 56.3 Å². The van der Waals surface area contributed by atoms with Crippen LogP contribution in [0.2, 0.25) is 0 Å². The molecule has 0 fully saturated rings. The molecule has 1 atom stereocenters. The van der Waals surface area contributed by atoms with Crippen LogP contribution < -0.4 is 4.74 Å². The van der Waals surface area contributed by atoms with Crippen molar-refractivity contribution in [2.45, 2.75) is 39.5 Å². The predicted octanol–water partition coefficient (Wildman–Crippen LogP) is 8.94. The van der Waals surface area contributed by atoms with Gasteiger partial charge in [-0.3, -0.25) is 0 Å². The fourth-order valence-corrected chi connectivity index (χ4v) is 4.07. The van der Waals surface area contributed by atoms with Gasteiger partial charge >= 0.3 is 0 Å². The molecule has 4 heteroatoms. The Morgan fingerprint density at radius 3 is 2.24 bits per heavy atom. The molecule has 1 aliphatic rings. The maximum absolute atomic E-state index is 14.9. The van der Waals surface area contributed by atoms with Crippen molar-refractivity contribution < 1.29 is 17.9 Å². The zero-order valence-electron chi connectivity index (χ0n) is 18.9. The fourth-order valence-electron chi connectivity index (χ4n) is 4.07. The molecule has 0 amide bonds. The molecule has 1 aliphatic carbocycles. The van der Waals surface area contributed by atoms with Crippen LogP contribution in [0, 0.1) is 23.4 Å². The van der Waals surface area contributed by atoms with E-state index in [-0.39, 0.29) is 17.1 Å². The van der Waals surface area contributed by atoms with Crippen molar-refractivity contribution in [3.05, 3.63) is 96.0 Å². The van der Waals surface area contributed by atoms with E-state index in [1.807, 2.05) is 19.1 Å². The summed E-state index contributed by atoms with van der Waals surface area (Å²) in [5.41, 5.74) is 3.96. The van der Waals surface area contributed by atoms with Crippen molar-refractivity contribution in [2.75, 3.05) is 0 Å². The second-order valence-electron chi connectivity index (χ2n) is 8.52. The molecule has 0 spiro atoms. The molecule has 0 saturated heterocycles. The van der Waals surface area contributed by atoms with E-state index in [1.54, 1.807) is 36.4 Å². The molecular weight excluding hydrogens is 421 g/mol. The van der Waals surface area contributed by atoms with Crippen molar-refractivity contribution in [3.8, 4) is 28.0 Å². The van der Waals surface area contributed by atoms with Gasteiger partial charge in [0.05, 0.1) is 6.26 Å². The predicted molar refractivity (Wildman–Crippen MR) is 128 cm³/mol. The Labute approximate surface area is 193 Å². The highest BCUT2D eigenvalue weighted by Gasteiger charge is 2.17. The monoisotopic (exact) mass is 448 g/mol. The third-order valence-electron chi connectivity index (χ3n) is 6.09. The van der Waals surface area contributed by atoms with Gasteiger partial charge in [0.2, 0.25) is 5.82 Å². The van der Waals surface area contributed by atoms with Crippen LogP contribution in [0.4, 0.5) is 13.2 Å². The number of halogens is 3. The second-order valence-corrected chi connectivity index (χ2v) is 8.52. The van der Waals surface area contributed by atoms with E-state index in [0.29, 0.717) is 17.0 Å². The molecule has 1 unspecified atom stereocenters. The summed E-state index contributed by atoms with van der Waals surface area (Å²) in [4.78, 5) is 0. The Bertz CT molecular complexity index is 1190. The Kier molecular flexibility index (Phi) is 7.02. The zero-order valence-corrected chi connectivity index (χ0v) is 18.9. The number of benzene rings is 3. The molecule has 3 aromatic carbocycles. The highest BCUT2D eigenvalue weighted by Crippen LogP contribution is 2.34. The minimum atomic E-state index is -1.03. The molecule has 0 heterocycles. The quantitative estimate of drug-likeness (QED) is 0.342. The minimum absolute atomic E-state index is 0.144. The summed E-state index contributed by atoms with van der Waals surface area (Å²) in [6, 6.07) is 15.2. The lowest BCUT2D eigenvalue weighted by atomic mass is 9.87. The average Bonchev–Trinajstić information content (AvgIpc) is 2.83. The third kappa shape index (κ3) is 5.05. The first kappa shape index (κ1) is 22.9. The molecule has 0 N–H and O–H groups in total. The van der Waals surface area contributed by atoms with Gasteiger partial charge in [0.1, 0.15) is 5.82 Å². The number of rotatable bonds is 6. The molecule has 3 aromatic rings. The highest BCUT2D eigenvalue weighted by molar-refractivity contribution is 5.74. The molecule has 33 heavy (non-hydrogen) atoms. The zero-order chi connectivity index (χ0) is 23.4. The Morgan fingerprint density at radius 1 is 0.879 bits per heavy atom. The summed E-state index contributed by atoms with van der Waals surface area (Å²) in [6.45, 7) is 4.13. The standard InChI is InChI=1S/C29H27F3O/c1-3-4-17-33-27-16-15-25(28(31)29(27)32)22-11-9-20(10-12-22)23-13-14-24(26(30)18-23)21-7-5-19(2)6-8-21/h4,7,9-19H,3,5-6,8H2,1-2H3/b17-4-. The minimum Gasteiger partial charge on any atom is -0.462 e. The summed E-state index contributed by atoms with van der Waals surface area (Å²) in [5, 5.41) is 0. The first-order chi connectivity index (χ1) is 16.0. The van der Waals surface area contributed by atoms with Crippen LogP contribution in [0.15, 0.2) is 73.0 Å². The van der Waals surface area contributed by atoms with Gasteiger partial charge in [-0.2, -0.15) is 4.39 Å². The molecule has 4 rings (SSSR count). The maximum atomic E-state index is 14.9. The number of hydrogen-bond donors (Lipinski definition) is 0. The molecule has 170 valence electrons. The molecule has 0 bridgehead atoms. The van der Waals surface area contributed by atoms with Crippen molar-refractivity contribution in [1.29, 1.82) is 0 Å². The van der Waals surface area contributed by atoms with E-state index >= 15 is 0 Å². The topological polar surface area (TPSA) is 9.23 Å². The number of allylic oxidation sites excluding steroid dienone is 3. The lowest BCUT2D eigenvalue weighted by molar-refractivity contribution is 0.415. The van der Waals surface area contributed by atoms with Crippen molar-refractivity contribution in [2.24, 2.45) is 5.92 Å². The van der Waals surface area contributed by atoms with Crippen LogP contribution >= 0.6 is 0 Å². The van der Waals surface area contributed by atoms with E-state index < -0.39 is 11.6 Å². The molecule has 0 aliphatic heterocycles. The number of hydrogen-bond acceptors (Lipinski definition) is 1. The maximum Gasteiger partial charge on any atom is 0.201 e. The van der Waals surface area contributed by atoms with Crippen molar-refractivity contribution in [3.63, 3.8) is 0 Å². The Morgan fingerprint density at radius 2 is 1.58 bits per heavy atom. The van der Waals surface area contributed by atoms with Crippen LogP contribution in [-0.4, -0.2) is 0 Å². The van der Waals surface area contributed by atoms with E-state index in [9.17, 15) is 13.2 Å². The lowest BCUT2D eigenvalue weighted by Gasteiger charge is -2.19. The van der Waals surface area contributed by atoms with Crippen LogP contribution in [-0.2, 0) is 0 Å². The first-order valence-corrected chi connectivity index (χ1v) is 11.4. The van der Waals surface area contributed by atoms with Gasteiger partial charge in [-0.15, -0.1) is 0 Å². The Balaban J connectivity index is 1.56. The summed E-state index contributed by atoms with van der Waals surface area (Å²) < 4.78 is 49.1. The van der Waals surface area contributed by atoms with E-state index in [2.05, 4.69) is 13.0 Å². The molecule has 0 radical (unpaired) electrons. The molecular formula is C29H27F3O. The van der Waals surface area contributed by atoms with Gasteiger partial charge < -0.3 is 4.74 Å². The fraction of sp³-hybridized carbons (Fsp3) is 0.241. The van der Waals surface area contributed by atoms with E-state index in [0.717, 1.165) is 42.4 Å². The van der Waals surface area contributed by atoms with Crippen LogP contribution in [0.3, 0.4) is 0 Å². The van der Waals surface area contributed by atoms with Gasteiger partial charge in [-0.05, 0) is 78.1 Å². The summed E-state index contributed by atoms with van der Waals surface area (Å²) in [6.07, 6.45) is 8.90. The largest absolute Gasteiger partial charge is 0.462 e. The van der Waals surface area contributed by atoms with E-state index in [1.165, 1.54) is 18.4 Å². The van der Waals surface area contributed by atoms with Crippen molar-refractivity contribution >= 4 is 5.57 Å². The van der Waals surface area contributed by atoms with Gasteiger partial charge in [0.25, 0.3) is 0 Å². The third-order valence-corrected chi connectivity index (χ3v) is 6.09. The molecule has 0 aromatic heterocycles. The van der Waals surface area contributed by atoms with Crippen LogP contribution in [0.25, 0.3) is 27.8 Å². The Hall–Kier alpha value is -3.27. The lowest BCUT2D eigenvalue weighted by Crippen LogP contribution is -2.02. The van der Waals surface area contributed by atoms with Gasteiger partial charge in [0, 0.05) is 11.1 Å². The SMILES string of the molecule is CC/C=C\Oc1ccc(-c2ccc(-c3ccc(C4=CCC(C)CC4)c(F)c3)cc2)c(F)c1F. The van der Waals surface area contributed by atoms with Crippen molar-refractivity contribution in [1.82, 2.24) is 0 Å². The van der Waals surface area contributed by atoms with Gasteiger partial charge in [-0.25, -0.2) is 8.78 Å². The normalized spacial score (nSPS) is 16.2. The average molecular weight is 449 g/mol.